The lowest BCUT2D eigenvalue weighted by Gasteiger charge is -2.27. The zero-order chi connectivity index (χ0) is 37.3. The second kappa shape index (κ2) is 14.4. The summed E-state index contributed by atoms with van der Waals surface area (Å²) in [4.78, 5) is 2.40. The van der Waals surface area contributed by atoms with Gasteiger partial charge in [-0.25, -0.2) is 0 Å². The van der Waals surface area contributed by atoms with Gasteiger partial charge in [0.2, 0.25) is 0 Å². The number of para-hydroxylation sites is 1. The van der Waals surface area contributed by atoms with Gasteiger partial charge in [-0.2, -0.15) is 0 Å². The first-order chi connectivity index (χ1) is 27.8. The van der Waals surface area contributed by atoms with Gasteiger partial charge in [-0.15, -0.1) is 0 Å². The zero-order valence-corrected chi connectivity index (χ0v) is 30.8. The Morgan fingerprint density at radius 3 is 1.30 bits per heavy atom. The van der Waals surface area contributed by atoms with Gasteiger partial charge in [-0.1, -0.05) is 170 Å². The fraction of sp³-hybridized carbons (Fsp3) is 0. The Bertz CT molecular complexity index is 2850. The molecule has 2 nitrogen and oxygen atoms in total. The molecule has 56 heavy (non-hydrogen) atoms. The van der Waals surface area contributed by atoms with E-state index in [0.29, 0.717) is 0 Å². The van der Waals surface area contributed by atoms with Crippen LogP contribution in [0.25, 0.3) is 72.0 Å². The summed E-state index contributed by atoms with van der Waals surface area (Å²) in [6, 6.07) is 83.1. The molecule has 0 unspecified atom stereocenters. The van der Waals surface area contributed by atoms with E-state index in [1.807, 2.05) is 0 Å². The van der Waals surface area contributed by atoms with Crippen LogP contribution in [0.3, 0.4) is 0 Å². The molecule has 1 heterocycles. The van der Waals surface area contributed by atoms with E-state index in [-0.39, 0.29) is 0 Å². The van der Waals surface area contributed by atoms with Crippen LogP contribution in [0.5, 0.6) is 0 Å². The first kappa shape index (κ1) is 33.2. The Labute approximate surface area is 327 Å². The molecule has 10 aromatic rings. The van der Waals surface area contributed by atoms with E-state index >= 15 is 0 Å². The van der Waals surface area contributed by atoms with Gasteiger partial charge in [-0.05, 0) is 105 Å². The summed E-state index contributed by atoms with van der Waals surface area (Å²) in [5.74, 6) is 0. The van der Waals surface area contributed by atoms with Gasteiger partial charge in [-0.3, -0.25) is 0 Å². The molecule has 0 spiro atoms. The molecule has 1 aromatic heterocycles. The van der Waals surface area contributed by atoms with Crippen molar-refractivity contribution in [1.29, 1.82) is 0 Å². The van der Waals surface area contributed by atoms with Crippen LogP contribution < -0.4 is 4.90 Å². The molecule has 2 heteroatoms. The molecule has 0 aliphatic rings. The summed E-state index contributed by atoms with van der Waals surface area (Å²) in [7, 11) is 0. The molecule has 0 saturated carbocycles. The maximum Gasteiger partial charge on any atom is 0.0547 e. The third kappa shape index (κ3) is 6.14. The van der Waals surface area contributed by atoms with Crippen LogP contribution in [0.15, 0.2) is 231 Å². The highest BCUT2D eigenvalue weighted by atomic mass is 15.1. The summed E-state index contributed by atoms with van der Waals surface area (Å²) < 4.78 is 2.41. The van der Waals surface area contributed by atoms with Gasteiger partial charge in [0.05, 0.1) is 11.0 Å². The topological polar surface area (TPSA) is 8.17 Å². The predicted octanol–water partition coefficient (Wildman–Crippen LogP) is 14.9. The van der Waals surface area contributed by atoms with Crippen LogP contribution in [-0.2, 0) is 0 Å². The summed E-state index contributed by atoms with van der Waals surface area (Å²) in [6.45, 7) is 0. The van der Waals surface area contributed by atoms with E-state index in [1.165, 1.54) is 66.3 Å². The standard InChI is InChI=1S/C54H38N2/c1-5-16-39(17-6-1)42-30-32-43(33-31-42)50-28-15-29-53-54(50)51-38-49(34-35-52(51)56(53)46-24-11-4-12-25-46)55(47-26-13-22-44(36-47)40-18-7-2-8-19-40)48-27-14-23-45(37-48)41-20-9-3-10-21-41/h1-38H. The van der Waals surface area contributed by atoms with Crippen LogP contribution in [0.4, 0.5) is 17.1 Å². The van der Waals surface area contributed by atoms with Gasteiger partial charge in [0.1, 0.15) is 0 Å². The Balaban J connectivity index is 1.20. The van der Waals surface area contributed by atoms with Gasteiger partial charge in [0, 0.05) is 33.5 Å². The maximum absolute atomic E-state index is 2.41. The van der Waals surface area contributed by atoms with Crippen molar-refractivity contribution < 1.29 is 0 Å². The minimum absolute atomic E-state index is 1.09. The third-order valence-electron chi connectivity index (χ3n) is 10.8. The Morgan fingerprint density at radius 2 is 0.732 bits per heavy atom. The van der Waals surface area contributed by atoms with Crippen molar-refractivity contribution in [2.24, 2.45) is 0 Å². The zero-order valence-electron chi connectivity index (χ0n) is 30.8. The van der Waals surface area contributed by atoms with Gasteiger partial charge < -0.3 is 9.47 Å². The van der Waals surface area contributed by atoms with Crippen molar-refractivity contribution in [2.45, 2.75) is 0 Å². The normalized spacial score (nSPS) is 11.2. The molecule has 0 aliphatic heterocycles. The number of aromatic nitrogens is 1. The molecule has 9 aromatic carbocycles. The molecule has 0 N–H and O–H groups in total. The van der Waals surface area contributed by atoms with Gasteiger partial charge >= 0.3 is 0 Å². The number of hydrogen-bond acceptors (Lipinski definition) is 1. The summed E-state index contributed by atoms with van der Waals surface area (Å²) in [6.07, 6.45) is 0. The second-order valence-corrected chi connectivity index (χ2v) is 14.2. The number of fused-ring (bicyclic) bond motifs is 3. The molecule has 0 saturated heterocycles. The molecular formula is C54H38N2. The van der Waals surface area contributed by atoms with Crippen molar-refractivity contribution in [3.63, 3.8) is 0 Å². The van der Waals surface area contributed by atoms with Gasteiger partial charge in [0.25, 0.3) is 0 Å². The van der Waals surface area contributed by atoms with Crippen molar-refractivity contribution in [3.05, 3.63) is 231 Å². The molecule has 0 aliphatic carbocycles. The number of rotatable bonds is 8. The second-order valence-electron chi connectivity index (χ2n) is 14.2. The fourth-order valence-corrected chi connectivity index (χ4v) is 8.12. The first-order valence-electron chi connectivity index (χ1n) is 19.2. The first-order valence-corrected chi connectivity index (χ1v) is 19.2. The summed E-state index contributed by atoms with van der Waals surface area (Å²) >= 11 is 0. The molecule has 264 valence electrons. The number of anilines is 3. The van der Waals surface area contributed by atoms with E-state index < -0.39 is 0 Å². The average molecular weight is 715 g/mol. The van der Waals surface area contributed by atoms with E-state index in [4.69, 9.17) is 0 Å². The Hall–Kier alpha value is -7.42. The highest BCUT2D eigenvalue weighted by Gasteiger charge is 2.20. The van der Waals surface area contributed by atoms with Crippen LogP contribution >= 0.6 is 0 Å². The lowest BCUT2D eigenvalue weighted by atomic mass is 9.96. The van der Waals surface area contributed by atoms with Crippen molar-refractivity contribution in [2.75, 3.05) is 4.90 Å². The maximum atomic E-state index is 2.41. The molecular weight excluding hydrogens is 677 g/mol. The molecule has 10 rings (SSSR count). The lowest BCUT2D eigenvalue weighted by Crippen LogP contribution is -2.10. The van der Waals surface area contributed by atoms with Crippen LogP contribution in [0.2, 0.25) is 0 Å². The summed E-state index contributed by atoms with van der Waals surface area (Å²) in [5.41, 5.74) is 16.3. The summed E-state index contributed by atoms with van der Waals surface area (Å²) in [5, 5.41) is 2.43. The third-order valence-corrected chi connectivity index (χ3v) is 10.8. The van der Waals surface area contributed by atoms with Crippen LogP contribution in [-0.4, -0.2) is 4.57 Å². The minimum Gasteiger partial charge on any atom is -0.310 e. The predicted molar refractivity (Wildman–Crippen MR) is 237 cm³/mol. The van der Waals surface area contributed by atoms with Gasteiger partial charge in [0.15, 0.2) is 0 Å². The van der Waals surface area contributed by atoms with E-state index in [9.17, 15) is 0 Å². The van der Waals surface area contributed by atoms with Crippen LogP contribution in [0.1, 0.15) is 0 Å². The van der Waals surface area contributed by atoms with E-state index in [1.54, 1.807) is 0 Å². The average Bonchev–Trinajstić information content (AvgIpc) is 3.62. The molecule has 0 fully saturated rings. The van der Waals surface area contributed by atoms with Crippen molar-refractivity contribution in [3.8, 4) is 50.2 Å². The van der Waals surface area contributed by atoms with E-state index in [0.717, 1.165) is 22.7 Å². The Morgan fingerprint density at radius 1 is 0.286 bits per heavy atom. The monoisotopic (exact) mass is 714 g/mol. The largest absolute Gasteiger partial charge is 0.310 e. The lowest BCUT2D eigenvalue weighted by molar-refractivity contribution is 1.18. The smallest absolute Gasteiger partial charge is 0.0547 e. The highest BCUT2D eigenvalue weighted by molar-refractivity contribution is 6.16. The molecule has 0 amide bonds. The van der Waals surface area contributed by atoms with E-state index in [2.05, 4.69) is 240 Å². The number of hydrogen-bond donors (Lipinski definition) is 0. The molecule has 0 bridgehead atoms. The fourth-order valence-electron chi connectivity index (χ4n) is 8.12. The highest BCUT2D eigenvalue weighted by Crippen LogP contribution is 2.44. The SMILES string of the molecule is c1ccc(-c2ccc(-c3cccc4c3c3cc(N(c5cccc(-c6ccccc6)c5)c5cccc(-c6ccccc6)c5)ccc3n4-c3ccccc3)cc2)cc1. The van der Waals surface area contributed by atoms with Crippen LogP contribution in [0, 0.1) is 0 Å². The molecule has 0 atom stereocenters. The Kier molecular flexibility index (Phi) is 8.55. The number of benzene rings is 9. The minimum atomic E-state index is 1.09. The quantitative estimate of drug-likeness (QED) is 0.152. The van der Waals surface area contributed by atoms with Crippen molar-refractivity contribution in [1.82, 2.24) is 4.57 Å². The number of nitrogens with zero attached hydrogens (tertiary/aromatic N) is 2. The molecule has 0 radical (unpaired) electrons. The van der Waals surface area contributed by atoms with Crippen molar-refractivity contribution >= 4 is 38.9 Å².